The lowest BCUT2D eigenvalue weighted by Crippen LogP contribution is -2.09. The van der Waals surface area contributed by atoms with Crippen molar-refractivity contribution < 1.29 is 0 Å². The van der Waals surface area contributed by atoms with Gasteiger partial charge < -0.3 is 5.32 Å². The molecule has 0 aliphatic heterocycles. The molecule has 0 saturated carbocycles. The quantitative estimate of drug-likeness (QED) is 0.787. The predicted molar refractivity (Wildman–Crippen MR) is 78.4 cm³/mol. The Morgan fingerprint density at radius 2 is 2.00 bits per heavy atom. The summed E-state index contributed by atoms with van der Waals surface area (Å²) in [7, 11) is 0. The van der Waals surface area contributed by atoms with E-state index in [2.05, 4.69) is 23.3 Å². The number of pyridine rings is 1. The van der Waals surface area contributed by atoms with Gasteiger partial charge in [0.15, 0.2) is 0 Å². The van der Waals surface area contributed by atoms with Crippen molar-refractivity contribution in [3.05, 3.63) is 66.0 Å². The van der Waals surface area contributed by atoms with Crippen LogP contribution < -0.4 is 5.32 Å². The zero-order valence-corrected chi connectivity index (χ0v) is 11.1. The van der Waals surface area contributed by atoms with Crippen LogP contribution >= 0.6 is 0 Å². The zero-order valence-electron chi connectivity index (χ0n) is 11.1. The van der Waals surface area contributed by atoms with Crippen LogP contribution in [0.2, 0.25) is 0 Å². The van der Waals surface area contributed by atoms with Crippen molar-refractivity contribution in [3.63, 3.8) is 0 Å². The summed E-state index contributed by atoms with van der Waals surface area (Å²) in [4.78, 5) is 4.27. The second-order valence-corrected chi connectivity index (χ2v) is 4.67. The van der Waals surface area contributed by atoms with Crippen molar-refractivity contribution in [3.8, 4) is 6.07 Å². The summed E-state index contributed by atoms with van der Waals surface area (Å²) in [5.74, 6) is 0.997. The first-order chi connectivity index (χ1) is 9.78. The van der Waals surface area contributed by atoms with Gasteiger partial charge in [0.25, 0.3) is 0 Å². The number of hydrogen-bond donors (Lipinski definition) is 1. The summed E-state index contributed by atoms with van der Waals surface area (Å²) >= 11 is 0. The standard InChI is InChI=1S/C16H14N4/c1-12(14-7-5-13(11-17)6-8-14)19-16-4-2-3-15-18-9-10-20(15)16/h2-10,12,19H,1H3. The highest BCUT2D eigenvalue weighted by atomic mass is 15.1. The number of benzene rings is 1. The Kier molecular flexibility index (Phi) is 3.10. The van der Waals surface area contributed by atoms with Crippen LogP contribution in [0.3, 0.4) is 0 Å². The Bertz CT molecular complexity index is 765. The van der Waals surface area contributed by atoms with Gasteiger partial charge in [0.1, 0.15) is 11.5 Å². The van der Waals surface area contributed by atoms with Gasteiger partial charge >= 0.3 is 0 Å². The van der Waals surface area contributed by atoms with E-state index in [1.165, 1.54) is 0 Å². The van der Waals surface area contributed by atoms with Gasteiger partial charge in [-0.25, -0.2) is 4.98 Å². The smallest absolute Gasteiger partial charge is 0.138 e. The van der Waals surface area contributed by atoms with Gasteiger partial charge in [0.2, 0.25) is 0 Å². The van der Waals surface area contributed by atoms with Crippen LogP contribution in [0.5, 0.6) is 0 Å². The van der Waals surface area contributed by atoms with Crippen LogP contribution in [0.1, 0.15) is 24.1 Å². The number of nitrogens with one attached hydrogen (secondary N) is 1. The molecule has 4 heteroatoms. The van der Waals surface area contributed by atoms with E-state index in [9.17, 15) is 0 Å². The maximum atomic E-state index is 8.82. The summed E-state index contributed by atoms with van der Waals surface area (Å²) < 4.78 is 2.01. The SMILES string of the molecule is CC(Nc1cccc2nccn12)c1ccc(C#N)cc1. The van der Waals surface area contributed by atoms with Crippen molar-refractivity contribution in [2.45, 2.75) is 13.0 Å². The van der Waals surface area contributed by atoms with E-state index in [1.54, 1.807) is 6.20 Å². The topological polar surface area (TPSA) is 53.1 Å². The Hall–Kier alpha value is -2.80. The van der Waals surface area contributed by atoms with Crippen LogP contribution in [0.4, 0.5) is 5.82 Å². The average molecular weight is 262 g/mol. The van der Waals surface area contributed by atoms with Gasteiger partial charge in [-0.3, -0.25) is 4.40 Å². The molecule has 0 aliphatic rings. The summed E-state index contributed by atoms with van der Waals surface area (Å²) in [6.07, 6.45) is 3.72. The van der Waals surface area contributed by atoms with Crippen LogP contribution in [0, 0.1) is 11.3 Å². The van der Waals surface area contributed by atoms with Gasteiger partial charge in [-0.1, -0.05) is 18.2 Å². The Morgan fingerprint density at radius 1 is 1.20 bits per heavy atom. The van der Waals surface area contributed by atoms with E-state index in [4.69, 9.17) is 5.26 Å². The van der Waals surface area contributed by atoms with Crippen molar-refractivity contribution in [1.82, 2.24) is 9.38 Å². The molecule has 1 atom stereocenters. The minimum Gasteiger partial charge on any atom is -0.365 e. The van der Waals surface area contributed by atoms with Gasteiger partial charge in [-0.05, 0) is 36.8 Å². The first kappa shape index (κ1) is 12.2. The lowest BCUT2D eigenvalue weighted by atomic mass is 10.1. The predicted octanol–water partition coefficient (Wildman–Crippen LogP) is 3.38. The van der Waals surface area contributed by atoms with Gasteiger partial charge in [-0.2, -0.15) is 5.26 Å². The largest absolute Gasteiger partial charge is 0.365 e. The Balaban J connectivity index is 1.86. The van der Waals surface area contributed by atoms with Crippen LogP contribution in [-0.4, -0.2) is 9.38 Å². The van der Waals surface area contributed by atoms with Gasteiger partial charge in [0.05, 0.1) is 11.6 Å². The van der Waals surface area contributed by atoms with Gasteiger partial charge in [-0.15, -0.1) is 0 Å². The first-order valence-electron chi connectivity index (χ1n) is 6.46. The highest BCUT2D eigenvalue weighted by molar-refractivity contribution is 5.51. The maximum absolute atomic E-state index is 8.82. The minimum atomic E-state index is 0.149. The number of imidazole rings is 1. The molecule has 0 bridgehead atoms. The van der Waals surface area contributed by atoms with Crippen LogP contribution in [0.25, 0.3) is 5.65 Å². The van der Waals surface area contributed by atoms with Crippen LogP contribution in [0.15, 0.2) is 54.9 Å². The third kappa shape index (κ3) is 2.21. The van der Waals surface area contributed by atoms with E-state index < -0.39 is 0 Å². The minimum absolute atomic E-state index is 0.149. The van der Waals surface area contributed by atoms with Gasteiger partial charge in [0, 0.05) is 18.4 Å². The van der Waals surface area contributed by atoms with E-state index >= 15 is 0 Å². The van der Waals surface area contributed by atoms with Crippen LogP contribution in [-0.2, 0) is 0 Å². The lowest BCUT2D eigenvalue weighted by Gasteiger charge is -2.16. The lowest BCUT2D eigenvalue weighted by molar-refractivity contribution is 0.868. The highest BCUT2D eigenvalue weighted by Crippen LogP contribution is 2.20. The molecule has 2 aromatic heterocycles. The second kappa shape index (κ2) is 5.06. The molecule has 1 aromatic carbocycles. The fourth-order valence-electron chi connectivity index (χ4n) is 2.22. The molecule has 3 rings (SSSR count). The molecule has 0 spiro atoms. The fraction of sp³-hybridized carbons (Fsp3) is 0.125. The van der Waals surface area contributed by atoms with Crippen molar-refractivity contribution in [2.24, 2.45) is 0 Å². The van der Waals surface area contributed by atoms with E-state index in [1.807, 2.05) is 53.1 Å². The average Bonchev–Trinajstić information content (AvgIpc) is 2.97. The summed E-state index contributed by atoms with van der Waals surface area (Å²) in [6, 6.07) is 15.9. The molecule has 20 heavy (non-hydrogen) atoms. The molecule has 1 unspecified atom stereocenters. The number of nitriles is 1. The fourth-order valence-corrected chi connectivity index (χ4v) is 2.22. The third-order valence-electron chi connectivity index (χ3n) is 3.33. The number of nitrogens with zero attached hydrogens (tertiary/aromatic N) is 3. The monoisotopic (exact) mass is 262 g/mol. The Morgan fingerprint density at radius 3 is 2.75 bits per heavy atom. The van der Waals surface area contributed by atoms with Crippen molar-refractivity contribution in [1.29, 1.82) is 5.26 Å². The molecule has 0 aliphatic carbocycles. The third-order valence-corrected chi connectivity index (χ3v) is 3.33. The Labute approximate surface area is 117 Å². The molecule has 3 aromatic rings. The molecule has 0 saturated heterocycles. The van der Waals surface area contributed by atoms with Crippen molar-refractivity contribution >= 4 is 11.5 Å². The first-order valence-corrected chi connectivity index (χ1v) is 6.46. The maximum Gasteiger partial charge on any atom is 0.138 e. The molecule has 0 radical (unpaired) electrons. The van der Waals surface area contributed by atoms with E-state index in [0.29, 0.717) is 5.56 Å². The zero-order chi connectivity index (χ0) is 13.9. The number of hydrogen-bond acceptors (Lipinski definition) is 3. The molecular weight excluding hydrogens is 248 g/mol. The highest BCUT2D eigenvalue weighted by Gasteiger charge is 2.07. The summed E-state index contributed by atoms with van der Waals surface area (Å²) in [6.45, 7) is 2.09. The molecular formula is C16H14N4. The summed E-state index contributed by atoms with van der Waals surface area (Å²) in [5.41, 5.74) is 2.74. The summed E-state index contributed by atoms with van der Waals surface area (Å²) in [5, 5.41) is 12.3. The molecule has 4 nitrogen and oxygen atoms in total. The van der Waals surface area contributed by atoms with Crippen molar-refractivity contribution in [2.75, 3.05) is 5.32 Å². The van der Waals surface area contributed by atoms with E-state index in [0.717, 1.165) is 17.0 Å². The number of fused-ring (bicyclic) bond motifs is 1. The molecule has 1 N–H and O–H groups in total. The number of rotatable bonds is 3. The normalized spacial score (nSPS) is 12.0. The molecule has 0 amide bonds. The second-order valence-electron chi connectivity index (χ2n) is 4.67. The number of anilines is 1. The molecule has 2 heterocycles. The molecule has 98 valence electrons. The number of aromatic nitrogens is 2. The van der Waals surface area contributed by atoms with E-state index in [-0.39, 0.29) is 6.04 Å². The molecule has 0 fully saturated rings.